The Labute approximate surface area is 155 Å². The van der Waals surface area contributed by atoms with E-state index in [2.05, 4.69) is 5.32 Å². The number of amides is 1. The summed E-state index contributed by atoms with van der Waals surface area (Å²) in [5.41, 5.74) is 2.51. The first-order chi connectivity index (χ1) is 12.5. The van der Waals surface area contributed by atoms with Gasteiger partial charge >= 0.3 is 5.97 Å². The van der Waals surface area contributed by atoms with Gasteiger partial charge in [-0.25, -0.2) is 9.18 Å². The zero-order chi connectivity index (χ0) is 18.5. The van der Waals surface area contributed by atoms with Crippen molar-refractivity contribution in [2.45, 2.75) is 19.3 Å². The number of esters is 1. The largest absolute Gasteiger partial charge is 0.482 e. The molecule has 3 rings (SSSR count). The quantitative estimate of drug-likeness (QED) is 0.782. The highest BCUT2D eigenvalue weighted by molar-refractivity contribution is 6.30. The van der Waals surface area contributed by atoms with Gasteiger partial charge in [0, 0.05) is 5.02 Å². The number of carbonyl (C=O) groups excluding carboxylic acids is 2. The van der Waals surface area contributed by atoms with Crippen LogP contribution in [0.4, 0.5) is 10.1 Å². The predicted octanol–water partition coefficient (Wildman–Crippen LogP) is 3.53. The van der Waals surface area contributed by atoms with E-state index in [1.807, 2.05) is 18.2 Å². The highest BCUT2D eigenvalue weighted by atomic mass is 35.5. The minimum absolute atomic E-state index is 0.0372. The first kappa shape index (κ1) is 18.2. The van der Waals surface area contributed by atoms with Gasteiger partial charge in [-0.2, -0.15) is 0 Å². The molecule has 0 fully saturated rings. The Balaban J connectivity index is 1.43. The second-order valence-electron chi connectivity index (χ2n) is 5.91. The number of rotatable bonds is 6. The van der Waals surface area contributed by atoms with Crippen molar-refractivity contribution in [3.8, 4) is 5.75 Å². The average Bonchev–Trinajstić information content (AvgIpc) is 3.08. The van der Waals surface area contributed by atoms with Gasteiger partial charge in [-0.05, 0) is 60.7 Å². The lowest BCUT2D eigenvalue weighted by atomic mass is 10.1. The number of hydrogen-bond acceptors (Lipinski definition) is 4. The predicted molar refractivity (Wildman–Crippen MR) is 95.0 cm³/mol. The number of ether oxygens (including phenoxy) is 2. The molecule has 2 aromatic carbocycles. The molecule has 7 heteroatoms. The maximum absolute atomic E-state index is 13.6. The zero-order valence-corrected chi connectivity index (χ0v) is 14.6. The zero-order valence-electron chi connectivity index (χ0n) is 13.9. The molecule has 1 N–H and O–H groups in total. The second-order valence-corrected chi connectivity index (χ2v) is 6.34. The number of fused-ring (bicyclic) bond motifs is 1. The molecule has 0 saturated carbocycles. The molecule has 0 atom stereocenters. The van der Waals surface area contributed by atoms with Crippen LogP contribution < -0.4 is 10.1 Å². The third-order valence-corrected chi connectivity index (χ3v) is 4.23. The molecule has 0 aromatic heterocycles. The first-order valence-corrected chi connectivity index (χ1v) is 8.54. The van der Waals surface area contributed by atoms with Crippen LogP contribution in [0.2, 0.25) is 5.02 Å². The maximum atomic E-state index is 13.6. The Hall–Kier alpha value is -2.60. The maximum Gasteiger partial charge on any atom is 0.344 e. The van der Waals surface area contributed by atoms with Gasteiger partial charge in [-0.15, -0.1) is 0 Å². The van der Waals surface area contributed by atoms with Crippen molar-refractivity contribution in [1.82, 2.24) is 0 Å². The number of anilines is 1. The molecule has 0 heterocycles. The van der Waals surface area contributed by atoms with Crippen molar-refractivity contribution in [3.05, 3.63) is 58.4 Å². The molecule has 136 valence electrons. The van der Waals surface area contributed by atoms with E-state index < -0.39 is 24.3 Å². The normalized spacial score (nSPS) is 12.4. The summed E-state index contributed by atoms with van der Waals surface area (Å²) < 4.78 is 23.8. The molecular weight excluding hydrogens is 361 g/mol. The van der Waals surface area contributed by atoms with Crippen LogP contribution in [0.25, 0.3) is 0 Å². The van der Waals surface area contributed by atoms with Crippen molar-refractivity contribution in [2.24, 2.45) is 0 Å². The summed E-state index contributed by atoms with van der Waals surface area (Å²) in [5.74, 6) is -1.42. The van der Waals surface area contributed by atoms with E-state index in [1.54, 1.807) is 0 Å². The van der Waals surface area contributed by atoms with Crippen LogP contribution in [-0.2, 0) is 27.2 Å². The Morgan fingerprint density at radius 1 is 1.08 bits per heavy atom. The molecule has 0 unspecified atom stereocenters. The molecule has 2 aromatic rings. The third-order valence-electron chi connectivity index (χ3n) is 4.00. The summed E-state index contributed by atoms with van der Waals surface area (Å²) in [4.78, 5) is 23.4. The van der Waals surface area contributed by atoms with Gasteiger partial charge in [-0.1, -0.05) is 17.7 Å². The van der Waals surface area contributed by atoms with E-state index in [9.17, 15) is 14.0 Å². The lowest BCUT2D eigenvalue weighted by Gasteiger charge is -2.09. The third kappa shape index (κ3) is 4.73. The lowest BCUT2D eigenvalue weighted by molar-refractivity contribution is -0.149. The molecule has 1 aliphatic carbocycles. The number of aryl methyl sites for hydroxylation is 2. The Bertz CT molecular complexity index is 840. The minimum atomic E-state index is -0.683. The molecule has 26 heavy (non-hydrogen) atoms. The number of carbonyl (C=O) groups is 2. The number of halogens is 2. The summed E-state index contributed by atoms with van der Waals surface area (Å²) in [7, 11) is 0. The number of nitrogens with one attached hydrogen (secondary N) is 1. The van der Waals surface area contributed by atoms with Crippen LogP contribution in [-0.4, -0.2) is 25.1 Å². The van der Waals surface area contributed by atoms with Gasteiger partial charge < -0.3 is 14.8 Å². The lowest BCUT2D eigenvalue weighted by Crippen LogP contribution is -2.24. The highest BCUT2D eigenvalue weighted by Gasteiger charge is 2.13. The van der Waals surface area contributed by atoms with Crippen LogP contribution in [0.3, 0.4) is 0 Å². The summed E-state index contributed by atoms with van der Waals surface area (Å²) >= 11 is 5.64. The van der Waals surface area contributed by atoms with Crippen molar-refractivity contribution in [3.63, 3.8) is 0 Å². The van der Waals surface area contributed by atoms with Crippen LogP contribution >= 0.6 is 11.6 Å². The highest BCUT2D eigenvalue weighted by Crippen LogP contribution is 2.26. The van der Waals surface area contributed by atoms with E-state index in [1.165, 1.54) is 23.3 Å². The van der Waals surface area contributed by atoms with E-state index in [-0.39, 0.29) is 17.3 Å². The fourth-order valence-corrected chi connectivity index (χ4v) is 2.90. The molecule has 0 aliphatic heterocycles. The molecule has 5 nitrogen and oxygen atoms in total. The van der Waals surface area contributed by atoms with Gasteiger partial charge in [0.25, 0.3) is 5.91 Å². The molecule has 0 radical (unpaired) electrons. The van der Waals surface area contributed by atoms with Crippen LogP contribution in [0, 0.1) is 5.82 Å². The van der Waals surface area contributed by atoms with Gasteiger partial charge in [0.15, 0.2) is 13.2 Å². The van der Waals surface area contributed by atoms with E-state index in [0.29, 0.717) is 5.75 Å². The Morgan fingerprint density at radius 3 is 2.69 bits per heavy atom. The number of hydrogen-bond donors (Lipinski definition) is 1. The van der Waals surface area contributed by atoms with E-state index in [4.69, 9.17) is 21.1 Å². The van der Waals surface area contributed by atoms with Crippen LogP contribution in [0.5, 0.6) is 5.75 Å². The number of benzene rings is 2. The van der Waals surface area contributed by atoms with Gasteiger partial charge in [0.1, 0.15) is 11.6 Å². The molecule has 0 saturated heterocycles. The summed E-state index contributed by atoms with van der Waals surface area (Å²) in [6, 6.07) is 9.58. The Kier molecular flexibility index (Phi) is 5.73. The monoisotopic (exact) mass is 377 g/mol. The SMILES string of the molecule is O=C(COC(=O)COc1ccc2c(c1)CCC2)Nc1ccc(Cl)cc1F. The average molecular weight is 378 g/mol. The fourth-order valence-electron chi connectivity index (χ4n) is 2.75. The van der Waals surface area contributed by atoms with Crippen LogP contribution in [0.1, 0.15) is 17.5 Å². The molecule has 0 spiro atoms. The van der Waals surface area contributed by atoms with Gasteiger partial charge in [-0.3, -0.25) is 4.79 Å². The molecule has 1 aliphatic rings. The fraction of sp³-hybridized carbons (Fsp3) is 0.263. The topological polar surface area (TPSA) is 64.6 Å². The smallest absolute Gasteiger partial charge is 0.344 e. The van der Waals surface area contributed by atoms with E-state index >= 15 is 0 Å². The van der Waals surface area contributed by atoms with Gasteiger partial charge in [0.2, 0.25) is 0 Å². The van der Waals surface area contributed by atoms with Crippen molar-refractivity contribution in [1.29, 1.82) is 0 Å². The Morgan fingerprint density at radius 2 is 1.88 bits per heavy atom. The standard InChI is InChI=1S/C19H17ClFNO4/c20-14-5-7-17(16(21)9-14)22-18(23)10-26-19(24)11-25-15-6-4-12-2-1-3-13(12)8-15/h4-9H,1-3,10-11H2,(H,22,23). The summed E-state index contributed by atoms with van der Waals surface area (Å²) in [5, 5.41) is 2.52. The van der Waals surface area contributed by atoms with E-state index in [0.717, 1.165) is 25.3 Å². The van der Waals surface area contributed by atoms with Crippen molar-refractivity contribution >= 4 is 29.2 Å². The van der Waals surface area contributed by atoms with Crippen molar-refractivity contribution < 1.29 is 23.5 Å². The first-order valence-electron chi connectivity index (χ1n) is 8.16. The molecule has 1 amide bonds. The molecule has 0 bridgehead atoms. The van der Waals surface area contributed by atoms with Crippen molar-refractivity contribution in [2.75, 3.05) is 18.5 Å². The van der Waals surface area contributed by atoms with Crippen LogP contribution in [0.15, 0.2) is 36.4 Å². The van der Waals surface area contributed by atoms with Gasteiger partial charge in [0.05, 0.1) is 5.69 Å². The summed E-state index contributed by atoms with van der Waals surface area (Å²) in [6.45, 7) is -0.837. The molecular formula is C19H17ClFNO4. The second kappa shape index (κ2) is 8.19. The summed E-state index contributed by atoms with van der Waals surface area (Å²) in [6.07, 6.45) is 3.21. The minimum Gasteiger partial charge on any atom is -0.482 e.